The molecule has 0 saturated heterocycles. The molecule has 1 aromatic carbocycles. The molecule has 1 heterocycles. The first-order chi connectivity index (χ1) is 7.58. The molecule has 16 heavy (non-hydrogen) atoms. The maximum absolute atomic E-state index is 11.3. The number of hydrogen-bond donors (Lipinski definition) is 1. The molecule has 84 valence electrons. The van der Waals surface area contributed by atoms with Crippen molar-refractivity contribution >= 4 is 17.5 Å². The summed E-state index contributed by atoms with van der Waals surface area (Å²) < 4.78 is 0. The molecule has 0 atom stereocenters. The van der Waals surface area contributed by atoms with Crippen LogP contribution in [0.1, 0.15) is 25.0 Å². The molecule has 1 aliphatic heterocycles. The maximum Gasteiger partial charge on any atom is 0.221 e. The van der Waals surface area contributed by atoms with Crippen molar-refractivity contribution in [2.24, 2.45) is 0 Å². The molecular formula is C12H14N2O2. The molecule has 0 aliphatic carbocycles. The minimum Gasteiger partial charge on any atom is -0.334 e. The van der Waals surface area contributed by atoms with Gasteiger partial charge in [0.2, 0.25) is 11.8 Å². The van der Waals surface area contributed by atoms with Crippen LogP contribution in [0.3, 0.4) is 0 Å². The molecule has 4 heteroatoms. The van der Waals surface area contributed by atoms with Crippen LogP contribution < -0.4 is 5.32 Å². The lowest BCUT2D eigenvalue weighted by Gasteiger charge is -2.12. The minimum atomic E-state index is -0.0883. The zero-order chi connectivity index (χ0) is 11.7. The first-order valence-corrected chi connectivity index (χ1v) is 5.22. The molecule has 0 spiro atoms. The molecule has 0 bridgehead atoms. The lowest BCUT2D eigenvalue weighted by atomic mass is 10.1. The van der Waals surface area contributed by atoms with E-state index in [4.69, 9.17) is 0 Å². The summed E-state index contributed by atoms with van der Waals surface area (Å²) >= 11 is 0. The number of carbonyl (C=O) groups is 2. The molecule has 1 aromatic rings. The molecule has 2 amide bonds. The van der Waals surface area contributed by atoms with E-state index in [1.54, 1.807) is 11.8 Å². The van der Waals surface area contributed by atoms with E-state index in [-0.39, 0.29) is 11.8 Å². The van der Waals surface area contributed by atoms with E-state index in [0.717, 1.165) is 16.8 Å². The number of nitrogens with one attached hydrogen (secondary N) is 1. The van der Waals surface area contributed by atoms with Crippen LogP contribution >= 0.6 is 0 Å². The van der Waals surface area contributed by atoms with Crippen LogP contribution in [0.2, 0.25) is 0 Å². The summed E-state index contributed by atoms with van der Waals surface area (Å²) in [6, 6.07) is 5.75. The van der Waals surface area contributed by atoms with Gasteiger partial charge in [0.1, 0.15) is 0 Å². The lowest BCUT2D eigenvalue weighted by Crippen LogP contribution is -2.21. The third-order valence-electron chi connectivity index (χ3n) is 2.74. The van der Waals surface area contributed by atoms with Crippen molar-refractivity contribution in [2.75, 3.05) is 5.32 Å². The smallest absolute Gasteiger partial charge is 0.221 e. The average molecular weight is 218 g/mol. The Morgan fingerprint density at radius 2 is 2.00 bits per heavy atom. The fraction of sp³-hybridized carbons (Fsp3) is 0.333. The Morgan fingerprint density at radius 1 is 1.25 bits per heavy atom. The summed E-state index contributed by atoms with van der Waals surface area (Å²) in [6.45, 7) is 4.26. The van der Waals surface area contributed by atoms with E-state index in [1.165, 1.54) is 6.92 Å². The first kappa shape index (κ1) is 10.7. The third kappa shape index (κ3) is 1.91. The normalized spacial score (nSPS) is 13.5. The van der Waals surface area contributed by atoms with Gasteiger partial charge in [-0.2, -0.15) is 0 Å². The van der Waals surface area contributed by atoms with Gasteiger partial charge in [-0.05, 0) is 11.6 Å². The van der Waals surface area contributed by atoms with E-state index < -0.39 is 0 Å². The quantitative estimate of drug-likeness (QED) is 0.776. The second-order valence-corrected chi connectivity index (χ2v) is 4.00. The predicted octanol–water partition coefficient (Wildman–Crippen LogP) is 1.51. The van der Waals surface area contributed by atoms with E-state index in [0.29, 0.717) is 13.1 Å². The highest BCUT2D eigenvalue weighted by molar-refractivity contribution is 5.90. The molecule has 1 aliphatic rings. The zero-order valence-corrected chi connectivity index (χ0v) is 9.41. The topological polar surface area (TPSA) is 49.4 Å². The first-order valence-electron chi connectivity index (χ1n) is 5.22. The standard InChI is InChI=1S/C12H14N2O2/c1-8(15)13-12-5-3-4-10-6-14(9(2)16)7-11(10)12/h3-5H,6-7H2,1-2H3,(H,13,15). The largest absolute Gasteiger partial charge is 0.334 e. The summed E-state index contributed by atoms with van der Waals surface area (Å²) in [4.78, 5) is 24.1. The zero-order valence-electron chi connectivity index (χ0n) is 9.41. The van der Waals surface area contributed by atoms with Gasteiger partial charge < -0.3 is 10.2 Å². The number of carbonyl (C=O) groups excluding carboxylic acids is 2. The van der Waals surface area contributed by atoms with Crippen LogP contribution in [0, 0.1) is 0 Å². The highest BCUT2D eigenvalue weighted by atomic mass is 16.2. The van der Waals surface area contributed by atoms with Crippen LogP contribution in [0.15, 0.2) is 18.2 Å². The number of hydrogen-bond acceptors (Lipinski definition) is 2. The molecule has 0 aromatic heterocycles. The molecule has 2 rings (SSSR count). The number of amides is 2. The lowest BCUT2D eigenvalue weighted by molar-refractivity contribution is -0.129. The highest BCUT2D eigenvalue weighted by Gasteiger charge is 2.23. The van der Waals surface area contributed by atoms with Gasteiger partial charge in [-0.1, -0.05) is 12.1 Å². The molecule has 0 radical (unpaired) electrons. The van der Waals surface area contributed by atoms with Gasteiger partial charge in [0.15, 0.2) is 0 Å². The Bertz CT molecular complexity index is 454. The van der Waals surface area contributed by atoms with Crippen molar-refractivity contribution in [3.63, 3.8) is 0 Å². The molecule has 0 saturated carbocycles. The predicted molar refractivity (Wildman–Crippen MR) is 60.7 cm³/mol. The maximum atomic E-state index is 11.3. The number of anilines is 1. The van der Waals surface area contributed by atoms with Crippen LogP contribution in [-0.2, 0) is 22.7 Å². The fourth-order valence-electron chi connectivity index (χ4n) is 1.95. The number of rotatable bonds is 1. The number of nitrogens with zero attached hydrogens (tertiary/aromatic N) is 1. The van der Waals surface area contributed by atoms with E-state index >= 15 is 0 Å². The van der Waals surface area contributed by atoms with Crippen molar-refractivity contribution < 1.29 is 9.59 Å². The van der Waals surface area contributed by atoms with Gasteiger partial charge in [0, 0.05) is 38.2 Å². The molecule has 0 unspecified atom stereocenters. The molecule has 4 nitrogen and oxygen atoms in total. The summed E-state index contributed by atoms with van der Waals surface area (Å²) in [5, 5.41) is 2.79. The van der Waals surface area contributed by atoms with Crippen molar-refractivity contribution in [1.29, 1.82) is 0 Å². The van der Waals surface area contributed by atoms with E-state index in [2.05, 4.69) is 5.32 Å². The van der Waals surface area contributed by atoms with Gasteiger partial charge in [-0.25, -0.2) is 0 Å². The monoisotopic (exact) mass is 218 g/mol. The van der Waals surface area contributed by atoms with E-state index in [9.17, 15) is 9.59 Å². The van der Waals surface area contributed by atoms with Crippen LogP contribution in [0.5, 0.6) is 0 Å². The van der Waals surface area contributed by atoms with Crippen molar-refractivity contribution in [3.8, 4) is 0 Å². The summed E-state index contributed by atoms with van der Waals surface area (Å²) in [6.07, 6.45) is 0. The van der Waals surface area contributed by atoms with Crippen molar-refractivity contribution in [3.05, 3.63) is 29.3 Å². The average Bonchev–Trinajstić information content (AvgIpc) is 2.61. The van der Waals surface area contributed by atoms with Crippen LogP contribution in [-0.4, -0.2) is 16.7 Å². The highest BCUT2D eigenvalue weighted by Crippen LogP contribution is 2.29. The second-order valence-electron chi connectivity index (χ2n) is 4.00. The Kier molecular flexibility index (Phi) is 2.64. The molecule has 1 N–H and O–H groups in total. The number of benzene rings is 1. The van der Waals surface area contributed by atoms with Gasteiger partial charge in [-0.3, -0.25) is 9.59 Å². The van der Waals surface area contributed by atoms with E-state index in [1.807, 2.05) is 18.2 Å². The van der Waals surface area contributed by atoms with Crippen molar-refractivity contribution in [1.82, 2.24) is 4.90 Å². The Hall–Kier alpha value is -1.84. The van der Waals surface area contributed by atoms with Gasteiger partial charge in [0.05, 0.1) is 0 Å². The van der Waals surface area contributed by atoms with Crippen LogP contribution in [0.25, 0.3) is 0 Å². The molecule has 0 fully saturated rings. The summed E-state index contributed by atoms with van der Waals surface area (Å²) in [5.41, 5.74) is 2.98. The number of fused-ring (bicyclic) bond motifs is 1. The Morgan fingerprint density at radius 3 is 2.62 bits per heavy atom. The van der Waals surface area contributed by atoms with Gasteiger partial charge in [0.25, 0.3) is 0 Å². The second kappa shape index (κ2) is 3.96. The SMILES string of the molecule is CC(=O)Nc1cccc2c1CN(C(C)=O)C2. The Balaban J connectivity index is 2.30. The summed E-state index contributed by atoms with van der Waals surface area (Å²) in [5.74, 6) is -0.0281. The third-order valence-corrected chi connectivity index (χ3v) is 2.74. The van der Waals surface area contributed by atoms with Gasteiger partial charge in [-0.15, -0.1) is 0 Å². The van der Waals surface area contributed by atoms with Gasteiger partial charge >= 0.3 is 0 Å². The fourth-order valence-corrected chi connectivity index (χ4v) is 1.95. The summed E-state index contributed by atoms with van der Waals surface area (Å²) in [7, 11) is 0. The van der Waals surface area contributed by atoms with Crippen LogP contribution in [0.4, 0.5) is 5.69 Å². The van der Waals surface area contributed by atoms with Crippen molar-refractivity contribution in [2.45, 2.75) is 26.9 Å². The molecular weight excluding hydrogens is 204 g/mol. The Labute approximate surface area is 94.2 Å². The minimum absolute atomic E-state index is 0.0602.